The van der Waals surface area contributed by atoms with Gasteiger partial charge < -0.3 is 76.4 Å². The number of esters is 1. The molecule has 1 aromatic carbocycles. The molecule has 3 aliphatic heterocycles. The van der Waals surface area contributed by atoms with Gasteiger partial charge in [-0.25, -0.2) is 0 Å². The van der Waals surface area contributed by atoms with Crippen LogP contribution in [0.4, 0.5) is 5.69 Å². The lowest BCUT2D eigenvalue weighted by Crippen LogP contribution is -2.61. The zero-order chi connectivity index (χ0) is 58.4. The first-order valence-electron chi connectivity index (χ1n) is 27.1. The molecule has 3 heterocycles. The summed E-state index contributed by atoms with van der Waals surface area (Å²) in [7, 11) is 0. The Morgan fingerprint density at radius 3 is 1.94 bits per heavy atom. The fourth-order valence-electron chi connectivity index (χ4n) is 10.0. The maximum Gasteiger partial charge on any atom is 0.313 e. The Morgan fingerprint density at radius 2 is 1.33 bits per heavy atom. The van der Waals surface area contributed by atoms with E-state index in [1.807, 2.05) is 26.8 Å². The van der Waals surface area contributed by atoms with Crippen molar-refractivity contribution in [1.82, 2.24) is 0 Å². The predicted octanol–water partition coefficient (Wildman–Crippen LogP) is 3.77. The quantitative estimate of drug-likeness (QED) is 0.0687. The van der Waals surface area contributed by atoms with Crippen LogP contribution in [0.15, 0.2) is 109 Å². The van der Waals surface area contributed by atoms with Crippen LogP contribution >= 0.6 is 0 Å². The summed E-state index contributed by atoms with van der Waals surface area (Å²) in [5.41, 5.74) is 12.7. The number of ether oxygens (including phenoxy) is 4. The van der Waals surface area contributed by atoms with E-state index in [2.05, 4.69) is 0 Å². The Morgan fingerprint density at radius 1 is 0.759 bits per heavy atom. The van der Waals surface area contributed by atoms with Crippen molar-refractivity contribution in [3.8, 4) is 0 Å². The van der Waals surface area contributed by atoms with Crippen molar-refractivity contribution in [2.75, 3.05) is 5.73 Å². The van der Waals surface area contributed by atoms with Crippen LogP contribution in [0.3, 0.4) is 0 Å². The van der Waals surface area contributed by atoms with Crippen molar-refractivity contribution in [3.63, 3.8) is 0 Å². The number of cyclic esters (lactones) is 1. The zero-order valence-corrected chi connectivity index (χ0v) is 45.5. The molecule has 3 aliphatic rings. The van der Waals surface area contributed by atoms with E-state index in [0.717, 1.165) is 0 Å². The number of carbonyl (C=O) groups excluding carboxylic acids is 4. The second-order valence-corrected chi connectivity index (χ2v) is 21.4. The number of anilines is 1. The third-order valence-corrected chi connectivity index (χ3v) is 14.4. The molecule has 0 saturated carbocycles. The molecule has 20 nitrogen and oxygen atoms in total. The number of aliphatic hydroxyl groups excluding tert-OH is 7. The first-order chi connectivity index (χ1) is 37.4. The fraction of sp³-hybridized carbons (Fsp3) is 0.576. The number of hydrogen-bond donors (Lipinski definition) is 11. The first kappa shape index (κ1) is 66.2. The van der Waals surface area contributed by atoms with Gasteiger partial charge in [-0.3, -0.25) is 24.0 Å². The maximum absolute atomic E-state index is 13.3. The van der Waals surface area contributed by atoms with Crippen LogP contribution in [-0.2, 0) is 38.1 Å². The minimum Gasteiger partial charge on any atom is -0.481 e. The largest absolute Gasteiger partial charge is 0.481 e. The van der Waals surface area contributed by atoms with Gasteiger partial charge in [0.05, 0.1) is 61.0 Å². The van der Waals surface area contributed by atoms with Gasteiger partial charge in [0.25, 0.3) is 0 Å². The minimum atomic E-state index is -2.32. The van der Waals surface area contributed by atoms with Crippen LogP contribution in [0.25, 0.3) is 0 Å². The van der Waals surface area contributed by atoms with Crippen LogP contribution in [0.5, 0.6) is 0 Å². The molecule has 2 saturated heterocycles. The number of Topliss-reactive ketones (excluding diaryl/α,β-unsaturated/α-hetero) is 3. The van der Waals surface area contributed by atoms with Crippen molar-refractivity contribution in [1.29, 1.82) is 0 Å². The Hall–Kier alpha value is -5.33. The number of carbonyl (C=O) groups is 5. The number of rotatable bonds is 10. The van der Waals surface area contributed by atoms with Crippen molar-refractivity contribution in [2.24, 2.45) is 29.4 Å². The molecular weight excluding hydrogens is 1020 g/mol. The highest BCUT2D eigenvalue weighted by Gasteiger charge is 2.51. The lowest BCUT2D eigenvalue weighted by Gasteiger charge is -2.45. The number of aliphatic carboxylic acids is 1. The second-order valence-electron chi connectivity index (χ2n) is 21.4. The Balaban J connectivity index is 1.54. The summed E-state index contributed by atoms with van der Waals surface area (Å²) >= 11 is 0. The molecule has 2 fully saturated rings. The maximum atomic E-state index is 13.3. The van der Waals surface area contributed by atoms with E-state index in [1.165, 1.54) is 13.0 Å². The highest BCUT2D eigenvalue weighted by molar-refractivity contribution is 5.97. The molecule has 0 aliphatic carbocycles. The number of carboxylic acids is 1. The minimum absolute atomic E-state index is 0.0673. The van der Waals surface area contributed by atoms with Crippen molar-refractivity contribution < 1.29 is 88.9 Å². The summed E-state index contributed by atoms with van der Waals surface area (Å²) < 4.78 is 23.7. The standard InChI is InChI=1S/C59H84N2O18/c1-35-18-15-13-11-9-7-5-6-8-10-12-14-16-21-46(77-58-55(72)53(61)54(71)38(4)76-58)31-50-52(57(73)74)49(69)34-59(75,79-50)33-45(66)29-44(65)28-43(64)27-41(62)19-17-20-42(63)30-51(70)78-56(35)37(3)26-36(2)47(67)32-48(68)39-22-24-40(60)25-23-39/h5-16,18,21-25,35-38,43-47,49-50,52-56,58,64-67,69,71-72,75H,17,19-20,26-34,60-61H2,1-4H3,(H,73,74)/b6-5+,9-7+,10-8+,13-11+,14-12+,18-15+,21-16+/t35-,36+,37-,38-,43+,44+,45+,46+,47+,49-,50-,52-,53+,54+,55+,56+,58-,59?/m0/s1. The number of allylic oxidation sites excluding steroid dienone is 12. The van der Waals surface area contributed by atoms with Crippen molar-refractivity contribution >= 4 is 35.0 Å². The van der Waals surface area contributed by atoms with Crippen molar-refractivity contribution in [2.45, 2.75) is 190 Å². The average Bonchev–Trinajstić information content (AvgIpc) is 3.37. The highest BCUT2D eigenvalue weighted by atomic mass is 16.7. The summed E-state index contributed by atoms with van der Waals surface area (Å²) in [5, 5.41) is 97.8. The third-order valence-electron chi connectivity index (χ3n) is 14.4. The van der Waals surface area contributed by atoms with E-state index in [1.54, 1.807) is 97.2 Å². The average molecular weight is 1110 g/mol. The molecule has 18 atom stereocenters. The molecule has 438 valence electrons. The zero-order valence-electron chi connectivity index (χ0n) is 45.5. The van der Waals surface area contributed by atoms with E-state index < -0.39 is 147 Å². The number of fused-ring (bicyclic) bond motifs is 2. The summed E-state index contributed by atoms with van der Waals surface area (Å²) in [5.74, 6) is -8.34. The number of nitrogens with two attached hydrogens (primary N) is 2. The van der Waals surface area contributed by atoms with E-state index in [0.29, 0.717) is 17.7 Å². The SMILES string of the molecule is C[C@H](C[C@H](C)[C@@H]1OC(=O)CC(=O)CCCC(=O)C[C@@H](O)C[C@@H](O)C[C@@H](O)CC2(O)C[C@H](O)[C@H](C(=O)O)[C@H](C[C@H](O[C@@H]3O[C@@H](C)[C@@H](O)[C@@H](N)[C@H]3O)/C=C/C=C/C=C/C=C/C=C/C=C/C=C/[C@@H]1C)O2)[C@H](O)CC(=O)c1ccc(N)cc1. The lowest BCUT2D eigenvalue weighted by molar-refractivity contribution is -0.308. The van der Waals surface area contributed by atoms with Crippen LogP contribution in [-0.4, -0.2) is 161 Å². The van der Waals surface area contributed by atoms with E-state index in [4.69, 9.17) is 30.4 Å². The molecule has 79 heavy (non-hydrogen) atoms. The summed E-state index contributed by atoms with van der Waals surface area (Å²) in [6.07, 6.45) is 5.73. The molecule has 13 N–H and O–H groups in total. The Kier molecular flexibility index (Phi) is 27.5. The number of hydrogen-bond acceptors (Lipinski definition) is 19. The first-order valence-corrected chi connectivity index (χ1v) is 27.1. The topological polar surface area (TPSA) is 356 Å². The van der Waals surface area contributed by atoms with Crippen LogP contribution in [0.1, 0.15) is 115 Å². The number of aliphatic hydroxyl groups is 8. The van der Waals surface area contributed by atoms with Gasteiger partial charge in [-0.15, -0.1) is 0 Å². The molecule has 1 aromatic rings. The molecule has 0 radical (unpaired) electrons. The molecule has 4 rings (SSSR count). The van der Waals surface area contributed by atoms with Crippen LogP contribution < -0.4 is 11.5 Å². The van der Waals surface area contributed by atoms with Crippen LogP contribution in [0, 0.1) is 23.7 Å². The lowest BCUT2D eigenvalue weighted by atomic mass is 9.82. The van der Waals surface area contributed by atoms with Gasteiger partial charge in [0.2, 0.25) is 0 Å². The molecule has 0 spiro atoms. The van der Waals surface area contributed by atoms with Gasteiger partial charge in [-0.05, 0) is 68.7 Å². The van der Waals surface area contributed by atoms with Gasteiger partial charge in [0.15, 0.2) is 17.9 Å². The summed E-state index contributed by atoms with van der Waals surface area (Å²) in [6.45, 7) is 7.07. The fourth-order valence-corrected chi connectivity index (χ4v) is 10.0. The number of benzene rings is 1. The van der Waals surface area contributed by atoms with Gasteiger partial charge in [0.1, 0.15) is 36.1 Å². The third kappa shape index (κ3) is 22.6. The van der Waals surface area contributed by atoms with Gasteiger partial charge in [0, 0.05) is 62.1 Å². The van der Waals surface area contributed by atoms with Gasteiger partial charge in [-0.1, -0.05) is 106 Å². The summed E-state index contributed by atoms with van der Waals surface area (Å²) in [4.78, 5) is 64.6. The number of ketones is 3. The van der Waals surface area contributed by atoms with E-state index in [9.17, 15) is 69.9 Å². The van der Waals surface area contributed by atoms with E-state index >= 15 is 0 Å². The smallest absolute Gasteiger partial charge is 0.313 e. The molecule has 1 unspecified atom stereocenters. The Bertz CT molecular complexity index is 2330. The van der Waals surface area contributed by atoms with Crippen LogP contribution in [0.2, 0.25) is 0 Å². The number of carboxylic acid groups (broad SMARTS) is 1. The predicted molar refractivity (Wildman–Crippen MR) is 292 cm³/mol. The molecule has 0 amide bonds. The van der Waals surface area contributed by atoms with E-state index in [-0.39, 0.29) is 62.1 Å². The monoisotopic (exact) mass is 1110 g/mol. The molecular formula is C59H84N2O18. The number of nitrogen functional groups attached to an aromatic ring is 1. The van der Waals surface area contributed by atoms with Gasteiger partial charge >= 0.3 is 11.9 Å². The molecule has 0 aromatic heterocycles. The highest BCUT2D eigenvalue weighted by Crippen LogP contribution is 2.38. The second kappa shape index (κ2) is 32.8. The Labute approximate surface area is 462 Å². The van der Waals surface area contributed by atoms with Crippen molar-refractivity contribution in [3.05, 3.63) is 115 Å². The molecule has 20 heteroatoms. The normalized spacial score (nSPS) is 36.9. The summed E-state index contributed by atoms with van der Waals surface area (Å²) in [6, 6.07) is 5.27. The molecule has 2 bridgehead atoms. The van der Waals surface area contributed by atoms with Gasteiger partial charge in [-0.2, -0.15) is 0 Å².